The van der Waals surface area contributed by atoms with E-state index in [9.17, 15) is 4.79 Å². The number of benzene rings is 1. The predicted molar refractivity (Wildman–Crippen MR) is 55.7 cm³/mol. The number of hydrogen-bond donors (Lipinski definition) is 0. The van der Waals surface area contributed by atoms with E-state index in [1.807, 2.05) is 19.9 Å². The molecule has 1 aromatic carbocycles. The molecule has 0 unspecified atom stereocenters. The summed E-state index contributed by atoms with van der Waals surface area (Å²) in [5, 5.41) is 0.124. The highest BCUT2D eigenvalue weighted by atomic mass is 35.5. The second-order valence-electron chi connectivity index (χ2n) is 3.16. The molecule has 1 nitrogen and oxygen atoms in total. The van der Waals surface area contributed by atoms with Crippen molar-refractivity contribution in [3.8, 4) is 0 Å². The minimum absolute atomic E-state index is 0.354. The molecule has 0 aliphatic heterocycles. The Bertz CT molecular complexity index is 332. The van der Waals surface area contributed by atoms with Gasteiger partial charge in [-0.3, -0.25) is 4.79 Å². The zero-order valence-corrected chi connectivity index (χ0v) is 8.99. The molecule has 0 fully saturated rings. The number of hydrogen-bond acceptors (Lipinski definition) is 1. The Hall–Kier alpha value is -0.530. The summed E-state index contributed by atoms with van der Waals surface area (Å²) in [6.07, 6.45) is 0. The number of rotatable bonds is 2. The molecule has 0 amide bonds. The van der Waals surface area contributed by atoms with E-state index >= 15 is 0 Å². The molecule has 1 rings (SSSR count). The molecule has 13 heavy (non-hydrogen) atoms. The van der Waals surface area contributed by atoms with Crippen LogP contribution in [-0.4, -0.2) is 5.24 Å². The summed E-state index contributed by atoms with van der Waals surface area (Å²) in [5.41, 5.74) is 1.47. The third-order valence-corrected chi connectivity index (χ3v) is 2.39. The maximum absolute atomic E-state index is 10.8. The first-order valence-electron chi connectivity index (χ1n) is 4.01. The van der Waals surface area contributed by atoms with Gasteiger partial charge in [0.25, 0.3) is 5.24 Å². The maximum Gasteiger partial charge on any atom is 0.252 e. The lowest BCUT2D eigenvalue weighted by atomic mass is 10.0. The minimum Gasteiger partial charge on any atom is -0.276 e. The lowest BCUT2D eigenvalue weighted by molar-refractivity contribution is 0.108. The molecule has 0 N–H and O–H groups in total. The van der Waals surface area contributed by atoms with Crippen molar-refractivity contribution >= 4 is 28.4 Å². The highest BCUT2D eigenvalue weighted by Crippen LogP contribution is 2.25. The summed E-state index contributed by atoms with van der Waals surface area (Å²) in [6.45, 7) is 4.09. The van der Waals surface area contributed by atoms with Crippen molar-refractivity contribution in [1.29, 1.82) is 0 Å². The van der Waals surface area contributed by atoms with Crippen LogP contribution in [0.2, 0.25) is 5.02 Å². The standard InChI is InChI=1S/C10H10Cl2O/c1-6(2)8-4-3-7(10(12)13)5-9(8)11/h3-6H,1-2H3. The zero-order chi connectivity index (χ0) is 10.0. The Labute approximate surface area is 87.7 Å². The van der Waals surface area contributed by atoms with Crippen LogP contribution < -0.4 is 0 Å². The highest BCUT2D eigenvalue weighted by Gasteiger charge is 2.08. The van der Waals surface area contributed by atoms with Crippen molar-refractivity contribution in [2.24, 2.45) is 0 Å². The van der Waals surface area contributed by atoms with Gasteiger partial charge in [0.1, 0.15) is 0 Å². The van der Waals surface area contributed by atoms with Crippen molar-refractivity contribution in [2.45, 2.75) is 19.8 Å². The molecule has 0 heterocycles. The molecule has 0 aliphatic carbocycles. The average molecular weight is 217 g/mol. The van der Waals surface area contributed by atoms with E-state index in [1.165, 1.54) is 0 Å². The summed E-state index contributed by atoms with van der Waals surface area (Å²) in [5.74, 6) is 0.354. The van der Waals surface area contributed by atoms with E-state index in [2.05, 4.69) is 0 Å². The first kappa shape index (κ1) is 10.6. The summed E-state index contributed by atoms with van der Waals surface area (Å²) in [4.78, 5) is 10.8. The van der Waals surface area contributed by atoms with E-state index in [4.69, 9.17) is 23.2 Å². The van der Waals surface area contributed by atoms with Gasteiger partial charge in [0.05, 0.1) is 0 Å². The fraction of sp³-hybridized carbons (Fsp3) is 0.300. The SMILES string of the molecule is CC(C)c1ccc(C(=O)Cl)cc1Cl. The van der Waals surface area contributed by atoms with Crippen LogP contribution in [0.1, 0.15) is 35.7 Å². The van der Waals surface area contributed by atoms with Crippen LogP contribution in [0, 0.1) is 0 Å². The maximum atomic E-state index is 10.8. The van der Waals surface area contributed by atoms with Gasteiger partial charge >= 0.3 is 0 Å². The molecular weight excluding hydrogens is 207 g/mol. The Kier molecular flexibility index (Phi) is 3.34. The molecule has 0 aromatic heterocycles. The zero-order valence-electron chi connectivity index (χ0n) is 7.47. The second kappa shape index (κ2) is 4.12. The first-order chi connectivity index (χ1) is 6.02. The van der Waals surface area contributed by atoms with Crippen molar-refractivity contribution in [1.82, 2.24) is 0 Å². The molecule has 0 bridgehead atoms. The highest BCUT2D eigenvalue weighted by molar-refractivity contribution is 6.67. The van der Waals surface area contributed by atoms with Gasteiger partial charge in [-0.05, 0) is 35.2 Å². The van der Waals surface area contributed by atoms with Gasteiger partial charge in [0, 0.05) is 10.6 Å². The summed E-state index contributed by atoms with van der Waals surface area (Å²) < 4.78 is 0. The Morgan fingerprint density at radius 1 is 1.38 bits per heavy atom. The van der Waals surface area contributed by atoms with Gasteiger partial charge < -0.3 is 0 Å². The van der Waals surface area contributed by atoms with E-state index in [0.29, 0.717) is 16.5 Å². The molecule has 3 heteroatoms. The van der Waals surface area contributed by atoms with E-state index in [-0.39, 0.29) is 0 Å². The van der Waals surface area contributed by atoms with Crippen LogP contribution in [0.5, 0.6) is 0 Å². The molecule has 70 valence electrons. The van der Waals surface area contributed by atoms with Crippen molar-refractivity contribution in [3.05, 3.63) is 34.3 Å². The van der Waals surface area contributed by atoms with Gasteiger partial charge in [-0.1, -0.05) is 31.5 Å². The Morgan fingerprint density at radius 2 is 2.00 bits per heavy atom. The number of carbonyl (C=O) groups excluding carboxylic acids is 1. The van der Waals surface area contributed by atoms with Crippen LogP contribution >= 0.6 is 23.2 Å². The van der Waals surface area contributed by atoms with E-state index in [0.717, 1.165) is 5.56 Å². The minimum atomic E-state index is -0.475. The smallest absolute Gasteiger partial charge is 0.252 e. The van der Waals surface area contributed by atoms with Crippen LogP contribution in [0.25, 0.3) is 0 Å². The molecule has 0 saturated carbocycles. The molecule has 0 spiro atoms. The summed E-state index contributed by atoms with van der Waals surface area (Å²) in [7, 11) is 0. The number of halogens is 2. The van der Waals surface area contributed by atoms with Gasteiger partial charge in [0.2, 0.25) is 0 Å². The van der Waals surface area contributed by atoms with E-state index < -0.39 is 5.24 Å². The largest absolute Gasteiger partial charge is 0.276 e. The van der Waals surface area contributed by atoms with Crippen molar-refractivity contribution < 1.29 is 4.79 Å². The Morgan fingerprint density at radius 3 is 2.38 bits per heavy atom. The molecule has 0 atom stereocenters. The monoisotopic (exact) mass is 216 g/mol. The summed E-state index contributed by atoms with van der Waals surface area (Å²) >= 11 is 11.3. The molecule has 0 aliphatic rings. The second-order valence-corrected chi connectivity index (χ2v) is 3.92. The average Bonchev–Trinajstić information content (AvgIpc) is 2.03. The lowest BCUT2D eigenvalue weighted by Gasteiger charge is -2.07. The fourth-order valence-corrected chi connectivity index (χ4v) is 1.63. The third-order valence-electron chi connectivity index (χ3n) is 1.85. The summed E-state index contributed by atoms with van der Waals surface area (Å²) in [6, 6.07) is 5.13. The van der Waals surface area contributed by atoms with Gasteiger partial charge in [-0.25, -0.2) is 0 Å². The van der Waals surface area contributed by atoms with Gasteiger partial charge in [0.15, 0.2) is 0 Å². The fourth-order valence-electron chi connectivity index (χ4n) is 1.12. The quantitative estimate of drug-likeness (QED) is 0.687. The van der Waals surface area contributed by atoms with Crippen molar-refractivity contribution in [2.75, 3.05) is 0 Å². The lowest BCUT2D eigenvalue weighted by Crippen LogP contribution is -1.93. The van der Waals surface area contributed by atoms with Crippen LogP contribution in [-0.2, 0) is 0 Å². The molecule has 1 aromatic rings. The topological polar surface area (TPSA) is 17.1 Å². The molecule has 0 radical (unpaired) electrons. The van der Waals surface area contributed by atoms with E-state index in [1.54, 1.807) is 12.1 Å². The third kappa shape index (κ3) is 2.45. The van der Waals surface area contributed by atoms with Gasteiger partial charge in [-0.15, -0.1) is 0 Å². The van der Waals surface area contributed by atoms with Gasteiger partial charge in [-0.2, -0.15) is 0 Å². The number of carbonyl (C=O) groups is 1. The predicted octanol–water partition coefficient (Wildman–Crippen LogP) is 3.84. The molecule has 0 saturated heterocycles. The van der Waals surface area contributed by atoms with Crippen LogP contribution in [0.3, 0.4) is 0 Å². The van der Waals surface area contributed by atoms with Crippen molar-refractivity contribution in [3.63, 3.8) is 0 Å². The van der Waals surface area contributed by atoms with Crippen LogP contribution in [0.15, 0.2) is 18.2 Å². The molecular formula is C10H10Cl2O. The first-order valence-corrected chi connectivity index (χ1v) is 4.77. The Balaban J connectivity index is 3.13. The van der Waals surface area contributed by atoms with Crippen LogP contribution in [0.4, 0.5) is 0 Å². The normalized spacial score (nSPS) is 10.5.